The smallest absolute Gasteiger partial charge is 0.259 e. The summed E-state index contributed by atoms with van der Waals surface area (Å²) in [6, 6.07) is 0. The van der Waals surface area contributed by atoms with Gasteiger partial charge >= 0.3 is 0 Å². The minimum absolute atomic E-state index is 0.00618. The molecule has 7 heteroatoms. The molecule has 14 heavy (non-hydrogen) atoms. The van der Waals surface area contributed by atoms with E-state index in [4.69, 9.17) is 10.6 Å². The third kappa shape index (κ3) is 2.52. The lowest BCUT2D eigenvalue weighted by Crippen LogP contribution is -2.05. The zero-order chi connectivity index (χ0) is 10.6. The van der Waals surface area contributed by atoms with Gasteiger partial charge in [-0.1, -0.05) is 16.5 Å². The van der Waals surface area contributed by atoms with E-state index in [1.807, 2.05) is 0 Å². The van der Waals surface area contributed by atoms with Gasteiger partial charge < -0.3 is 10.6 Å². The van der Waals surface area contributed by atoms with Crippen LogP contribution in [-0.2, 0) is 9.63 Å². The molecule has 1 rings (SSSR count). The first-order valence-electron chi connectivity index (χ1n) is 3.69. The number of rotatable bonds is 4. The summed E-state index contributed by atoms with van der Waals surface area (Å²) in [5.74, 6) is 0. The van der Waals surface area contributed by atoms with Gasteiger partial charge in [-0.25, -0.2) is 4.98 Å². The fourth-order valence-corrected chi connectivity index (χ4v) is 2.04. The molecule has 1 radical (unpaired) electrons. The van der Waals surface area contributed by atoms with Crippen LogP contribution in [0.2, 0.25) is 0 Å². The highest BCUT2D eigenvalue weighted by atomic mass is 79.9. The van der Waals surface area contributed by atoms with E-state index in [0.29, 0.717) is 21.2 Å². The average molecular weight is 277 g/mol. The van der Waals surface area contributed by atoms with Crippen LogP contribution in [0.25, 0.3) is 0 Å². The second-order valence-corrected chi connectivity index (χ2v) is 4.48. The van der Waals surface area contributed by atoms with Gasteiger partial charge in [0.25, 0.3) is 6.29 Å². The van der Waals surface area contributed by atoms with Crippen molar-refractivity contribution in [3.63, 3.8) is 0 Å². The van der Waals surface area contributed by atoms with Gasteiger partial charge in [-0.3, -0.25) is 4.79 Å². The molecule has 1 aromatic rings. The number of hydrogen-bond acceptors (Lipinski definition) is 6. The van der Waals surface area contributed by atoms with Gasteiger partial charge in [0.15, 0.2) is 10.8 Å². The second-order valence-electron chi connectivity index (χ2n) is 2.13. The van der Waals surface area contributed by atoms with E-state index in [9.17, 15) is 4.79 Å². The number of carbonyl (C=O) groups excluding carboxylic acids is 1. The van der Waals surface area contributed by atoms with Crippen LogP contribution in [-0.4, -0.2) is 23.6 Å². The third-order valence-electron chi connectivity index (χ3n) is 1.21. The van der Waals surface area contributed by atoms with Crippen LogP contribution in [0.15, 0.2) is 8.94 Å². The van der Waals surface area contributed by atoms with E-state index in [0.717, 1.165) is 0 Å². The van der Waals surface area contributed by atoms with E-state index < -0.39 is 0 Å². The summed E-state index contributed by atoms with van der Waals surface area (Å²) in [5, 5.41) is 3.91. The van der Waals surface area contributed by atoms with E-state index >= 15 is 0 Å². The standard InChI is InChI=1S/C7H7BrN3O2S/c1-2-13-11-4(3-12)5-6(8)14-7(9)10-5/h2H2,1H3,(H2,9,10)/b11-4+. The highest BCUT2D eigenvalue weighted by molar-refractivity contribution is 9.11. The van der Waals surface area contributed by atoms with Gasteiger partial charge in [0, 0.05) is 0 Å². The van der Waals surface area contributed by atoms with Crippen molar-refractivity contribution in [1.82, 2.24) is 4.98 Å². The SMILES string of the molecule is CCO/N=C(\[C]=O)c1nc(N)sc1Br. The fraction of sp³-hybridized carbons (Fsp3) is 0.286. The van der Waals surface area contributed by atoms with Crippen LogP contribution in [0.3, 0.4) is 0 Å². The number of halogens is 1. The largest absolute Gasteiger partial charge is 0.395 e. The molecule has 0 bridgehead atoms. The molecule has 0 fully saturated rings. The van der Waals surface area contributed by atoms with Crippen molar-refractivity contribution in [2.24, 2.45) is 5.16 Å². The van der Waals surface area contributed by atoms with Crippen LogP contribution in [0.4, 0.5) is 5.13 Å². The van der Waals surface area contributed by atoms with Crippen LogP contribution < -0.4 is 5.73 Å². The Morgan fingerprint density at radius 3 is 3.00 bits per heavy atom. The predicted octanol–water partition coefficient (Wildman–Crippen LogP) is 1.34. The molecular weight excluding hydrogens is 270 g/mol. The quantitative estimate of drug-likeness (QED) is 0.665. The van der Waals surface area contributed by atoms with Gasteiger partial charge in [0.1, 0.15) is 16.1 Å². The summed E-state index contributed by atoms with van der Waals surface area (Å²) in [5.41, 5.74) is 5.82. The first-order valence-corrected chi connectivity index (χ1v) is 5.30. The van der Waals surface area contributed by atoms with Crippen LogP contribution >= 0.6 is 27.3 Å². The van der Waals surface area contributed by atoms with E-state index in [1.54, 1.807) is 13.2 Å². The summed E-state index contributed by atoms with van der Waals surface area (Å²) < 4.78 is 0.636. The van der Waals surface area contributed by atoms with Crippen molar-refractivity contribution in [2.75, 3.05) is 12.3 Å². The zero-order valence-corrected chi connectivity index (χ0v) is 9.68. The first kappa shape index (κ1) is 11.1. The van der Waals surface area contributed by atoms with Gasteiger partial charge in [0.2, 0.25) is 0 Å². The molecule has 0 saturated heterocycles. The van der Waals surface area contributed by atoms with Crippen molar-refractivity contribution < 1.29 is 9.63 Å². The Bertz CT molecular complexity index is 364. The Kier molecular flexibility index (Phi) is 4.02. The molecule has 5 nitrogen and oxygen atoms in total. The third-order valence-corrected chi connectivity index (χ3v) is 2.74. The molecule has 1 heterocycles. The zero-order valence-electron chi connectivity index (χ0n) is 7.28. The molecule has 0 saturated carbocycles. The maximum atomic E-state index is 10.5. The number of hydrogen-bond donors (Lipinski definition) is 1. The molecular formula is C7H7BrN3O2S. The molecule has 0 spiro atoms. The highest BCUT2D eigenvalue weighted by Gasteiger charge is 2.14. The molecule has 0 aliphatic heterocycles. The number of oxime groups is 1. The Morgan fingerprint density at radius 2 is 2.57 bits per heavy atom. The first-order chi connectivity index (χ1) is 6.69. The van der Waals surface area contributed by atoms with Gasteiger partial charge in [-0.05, 0) is 22.9 Å². The topological polar surface area (TPSA) is 77.6 Å². The Morgan fingerprint density at radius 1 is 1.86 bits per heavy atom. The molecule has 0 aliphatic rings. The van der Waals surface area contributed by atoms with E-state index in [-0.39, 0.29) is 5.71 Å². The summed E-state index contributed by atoms with van der Waals surface area (Å²) in [7, 11) is 0. The van der Waals surface area contributed by atoms with Crippen LogP contribution in [0.1, 0.15) is 12.6 Å². The molecule has 1 aromatic heterocycles. The van der Waals surface area contributed by atoms with Crippen LogP contribution in [0, 0.1) is 0 Å². The molecule has 0 aliphatic carbocycles. The number of anilines is 1. The fourth-order valence-electron chi connectivity index (χ4n) is 0.702. The minimum Gasteiger partial charge on any atom is -0.395 e. The summed E-state index contributed by atoms with van der Waals surface area (Å²) >= 11 is 4.43. The molecule has 0 unspecified atom stereocenters. The molecule has 0 aromatic carbocycles. The predicted molar refractivity (Wildman–Crippen MR) is 58.1 cm³/mol. The normalized spacial score (nSPS) is 11.4. The maximum Gasteiger partial charge on any atom is 0.259 e. The van der Waals surface area contributed by atoms with Crippen molar-refractivity contribution in [2.45, 2.75) is 6.92 Å². The molecule has 2 N–H and O–H groups in total. The van der Waals surface area contributed by atoms with Gasteiger partial charge in [-0.15, -0.1) is 0 Å². The summed E-state index contributed by atoms with van der Waals surface area (Å²) in [6.07, 6.45) is 1.64. The number of nitrogens with two attached hydrogens (primary N) is 1. The van der Waals surface area contributed by atoms with Gasteiger partial charge in [0.05, 0.1) is 0 Å². The lowest BCUT2D eigenvalue weighted by molar-refractivity contribution is 0.159. The molecule has 75 valence electrons. The van der Waals surface area contributed by atoms with Gasteiger partial charge in [-0.2, -0.15) is 0 Å². The molecule has 0 amide bonds. The van der Waals surface area contributed by atoms with Crippen molar-refractivity contribution in [1.29, 1.82) is 0 Å². The van der Waals surface area contributed by atoms with Crippen molar-refractivity contribution in [3.8, 4) is 0 Å². The minimum atomic E-state index is 0.00618. The number of nitrogen functional groups attached to an aromatic ring is 1. The Labute approximate surface area is 93.1 Å². The molecule has 0 atom stereocenters. The Balaban J connectivity index is 3.00. The highest BCUT2D eigenvalue weighted by Crippen LogP contribution is 2.26. The lowest BCUT2D eigenvalue weighted by atomic mass is 10.3. The van der Waals surface area contributed by atoms with Crippen molar-refractivity contribution >= 4 is 44.4 Å². The van der Waals surface area contributed by atoms with Crippen LogP contribution in [0.5, 0.6) is 0 Å². The van der Waals surface area contributed by atoms with E-state index in [2.05, 4.69) is 26.1 Å². The maximum absolute atomic E-state index is 10.5. The number of thiazole rings is 1. The monoisotopic (exact) mass is 276 g/mol. The summed E-state index contributed by atoms with van der Waals surface area (Å²) in [6.45, 7) is 2.14. The average Bonchev–Trinajstić information content (AvgIpc) is 2.47. The Hall–Kier alpha value is -0.950. The second kappa shape index (κ2) is 5.06. The number of aromatic nitrogens is 1. The lowest BCUT2D eigenvalue weighted by Gasteiger charge is -1.94. The van der Waals surface area contributed by atoms with E-state index in [1.165, 1.54) is 11.3 Å². The number of nitrogens with zero attached hydrogens (tertiary/aromatic N) is 2. The summed E-state index contributed by atoms with van der Waals surface area (Å²) in [4.78, 5) is 19.2. The van der Waals surface area contributed by atoms with Crippen molar-refractivity contribution in [3.05, 3.63) is 9.48 Å².